The van der Waals surface area contributed by atoms with Crippen LogP contribution in [0, 0.1) is 0 Å². The van der Waals surface area contributed by atoms with Crippen LogP contribution in [0.15, 0.2) is 41.2 Å². The number of benzene rings is 1. The zero-order valence-electron chi connectivity index (χ0n) is 8.22. The Morgan fingerprint density at radius 3 is 2.93 bits per heavy atom. The Morgan fingerprint density at radius 2 is 2.20 bits per heavy atom. The number of rotatable bonds is 4. The van der Waals surface area contributed by atoms with Gasteiger partial charge in [-0.3, -0.25) is 0 Å². The number of hydrogen-bond donors (Lipinski definition) is 1. The lowest BCUT2D eigenvalue weighted by Crippen LogP contribution is -2.03. The number of nitrogens with zero attached hydrogens (tertiary/aromatic N) is 1. The zero-order valence-corrected chi connectivity index (χ0v) is 8.22. The molecule has 0 radical (unpaired) electrons. The molecule has 0 unspecified atom stereocenters. The minimum atomic E-state index is 0.597. The molecule has 0 atom stereocenters. The molecule has 1 aromatic carbocycles. The molecule has 0 saturated heterocycles. The SMILES string of the molecule is NCCc1ccccc1Oc1cnoc1. The van der Waals surface area contributed by atoms with Crippen LogP contribution < -0.4 is 10.5 Å². The molecule has 0 aliphatic rings. The molecular weight excluding hydrogens is 192 g/mol. The molecule has 0 aliphatic heterocycles. The molecule has 2 rings (SSSR count). The Hall–Kier alpha value is -1.81. The lowest BCUT2D eigenvalue weighted by atomic mass is 10.1. The van der Waals surface area contributed by atoms with Gasteiger partial charge in [-0.25, -0.2) is 0 Å². The molecule has 0 spiro atoms. The van der Waals surface area contributed by atoms with Gasteiger partial charge < -0.3 is 15.0 Å². The van der Waals surface area contributed by atoms with Crippen LogP contribution in [0.3, 0.4) is 0 Å². The lowest BCUT2D eigenvalue weighted by Gasteiger charge is -2.07. The molecule has 2 aromatic rings. The largest absolute Gasteiger partial charge is 0.452 e. The van der Waals surface area contributed by atoms with Gasteiger partial charge in [0.05, 0.1) is 0 Å². The minimum absolute atomic E-state index is 0.597. The van der Waals surface area contributed by atoms with E-state index in [-0.39, 0.29) is 0 Å². The maximum absolute atomic E-state index is 5.59. The van der Waals surface area contributed by atoms with E-state index in [9.17, 15) is 0 Å². The van der Waals surface area contributed by atoms with E-state index < -0.39 is 0 Å². The molecule has 0 bridgehead atoms. The van der Waals surface area contributed by atoms with E-state index in [1.807, 2.05) is 24.3 Å². The summed E-state index contributed by atoms with van der Waals surface area (Å²) < 4.78 is 10.3. The third-order valence-electron chi connectivity index (χ3n) is 2.02. The highest BCUT2D eigenvalue weighted by Crippen LogP contribution is 2.24. The van der Waals surface area contributed by atoms with E-state index >= 15 is 0 Å². The molecule has 1 heterocycles. The first-order valence-electron chi connectivity index (χ1n) is 4.75. The second-order valence-corrected chi connectivity index (χ2v) is 3.11. The minimum Gasteiger partial charge on any atom is -0.452 e. The Balaban J connectivity index is 2.20. The highest BCUT2D eigenvalue weighted by atomic mass is 16.5. The number of aromatic nitrogens is 1. The topological polar surface area (TPSA) is 61.3 Å². The van der Waals surface area contributed by atoms with Crippen LogP contribution >= 0.6 is 0 Å². The molecule has 1 aromatic heterocycles. The zero-order chi connectivity index (χ0) is 10.5. The molecule has 0 fully saturated rings. The fraction of sp³-hybridized carbons (Fsp3) is 0.182. The molecule has 2 N–H and O–H groups in total. The smallest absolute Gasteiger partial charge is 0.186 e. The summed E-state index contributed by atoms with van der Waals surface area (Å²) in [5, 5.41) is 3.57. The summed E-state index contributed by atoms with van der Waals surface area (Å²) in [5.41, 5.74) is 6.60. The van der Waals surface area contributed by atoms with E-state index in [0.29, 0.717) is 12.3 Å². The summed E-state index contributed by atoms with van der Waals surface area (Å²) in [7, 11) is 0. The van der Waals surface area contributed by atoms with Gasteiger partial charge in [-0.05, 0) is 24.6 Å². The van der Waals surface area contributed by atoms with Gasteiger partial charge >= 0.3 is 0 Å². The van der Waals surface area contributed by atoms with Crippen LogP contribution in [0.2, 0.25) is 0 Å². The van der Waals surface area contributed by atoms with Crippen molar-refractivity contribution in [2.24, 2.45) is 5.73 Å². The third kappa shape index (κ3) is 2.35. The standard InChI is InChI=1S/C11H12N2O2/c12-6-5-9-3-1-2-4-11(9)15-10-7-13-14-8-10/h1-4,7-8H,5-6,12H2. The molecule has 0 saturated carbocycles. The van der Waals surface area contributed by atoms with Crippen molar-refractivity contribution in [3.63, 3.8) is 0 Å². The van der Waals surface area contributed by atoms with Crippen molar-refractivity contribution >= 4 is 0 Å². The van der Waals surface area contributed by atoms with Crippen LogP contribution in [0.1, 0.15) is 5.56 Å². The summed E-state index contributed by atoms with van der Waals surface area (Å²) in [6, 6.07) is 7.78. The Bertz CT molecular complexity index is 412. The first kappa shape index (κ1) is 9.73. The third-order valence-corrected chi connectivity index (χ3v) is 2.02. The molecule has 0 aliphatic carbocycles. The van der Waals surface area contributed by atoms with E-state index in [1.165, 1.54) is 12.5 Å². The van der Waals surface area contributed by atoms with Crippen molar-refractivity contribution in [2.75, 3.05) is 6.54 Å². The van der Waals surface area contributed by atoms with Gasteiger partial charge in [-0.2, -0.15) is 0 Å². The average molecular weight is 204 g/mol. The summed E-state index contributed by atoms with van der Waals surface area (Å²) in [4.78, 5) is 0. The van der Waals surface area contributed by atoms with Crippen molar-refractivity contribution in [3.8, 4) is 11.5 Å². The highest BCUT2D eigenvalue weighted by Gasteiger charge is 2.04. The predicted molar refractivity (Wildman–Crippen MR) is 55.8 cm³/mol. The number of nitrogens with two attached hydrogens (primary N) is 1. The normalized spacial score (nSPS) is 10.2. The molecular formula is C11H12N2O2. The monoisotopic (exact) mass is 204 g/mol. The second-order valence-electron chi connectivity index (χ2n) is 3.11. The van der Waals surface area contributed by atoms with Gasteiger partial charge in [0.25, 0.3) is 0 Å². The first-order valence-corrected chi connectivity index (χ1v) is 4.75. The van der Waals surface area contributed by atoms with Crippen molar-refractivity contribution in [1.82, 2.24) is 5.16 Å². The van der Waals surface area contributed by atoms with Crippen LogP contribution in [-0.2, 0) is 6.42 Å². The van der Waals surface area contributed by atoms with Gasteiger partial charge in [0.15, 0.2) is 12.0 Å². The summed E-state index contributed by atoms with van der Waals surface area (Å²) in [6.45, 7) is 0.601. The van der Waals surface area contributed by atoms with Crippen molar-refractivity contribution < 1.29 is 9.26 Å². The second kappa shape index (κ2) is 4.61. The van der Waals surface area contributed by atoms with Crippen molar-refractivity contribution in [1.29, 1.82) is 0 Å². The van der Waals surface area contributed by atoms with Crippen LogP contribution in [0.25, 0.3) is 0 Å². The van der Waals surface area contributed by atoms with E-state index in [1.54, 1.807) is 0 Å². The average Bonchev–Trinajstić information content (AvgIpc) is 2.74. The van der Waals surface area contributed by atoms with E-state index in [2.05, 4.69) is 9.68 Å². The Labute approximate surface area is 87.6 Å². The van der Waals surface area contributed by atoms with Crippen LogP contribution in [0.5, 0.6) is 11.5 Å². The fourth-order valence-electron chi connectivity index (χ4n) is 1.34. The molecule has 4 nitrogen and oxygen atoms in total. The molecule has 4 heteroatoms. The molecule has 0 amide bonds. The lowest BCUT2D eigenvalue weighted by molar-refractivity contribution is 0.409. The number of ether oxygens (including phenoxy) is 1. The summed E-state index contributed by atoms with van der Waals surface area (Å²) >= 11 is 0. The fourth-order valence-corrected chi connectivity index (χ4v) is 1.34. The van der Waals surface area contributed by atoms with Crippen molar-refractivity contribution in [2.45, 2.75) is 6.42 Å². The van der Waals surface area contributed by atoms with Gasteiger partial charge in [0.2, 0.25) is 0 Å². The van der Waals surface area contributed by atoms with Gasteiger partial charge in [-0.1, -0.05) is 23.4 Å². The molecule has 78 valence electrons. The van der Waals surface area contributed by atoms with E-state index in [0.717, 1.165) is 17.7 Å². The van der Waals surface area contributed by atoms with Crippen LogP contribution in [-0.4, -0.2) is 11.7 Å². The Morgan fingerprint density at radius 1 is 1.33 bits per heavy atom. The summed E-state index contributed by atoms with van der Waals surface area (Å²) in [5.74, 6) is 1.39. The quantitative estimate of drug-likeness (QED) is 0.827. The number of hydrogen-bond acceptors (Lipinski definition) is 4. The Kier molecular flexibility index (Phi) is 2.99. The van der Waals surface area contributed by atoms with Gasteiger partial charge in [0.1, 0.15) is 11.9 Å². The number of para-hydroxylation sites is 1. The summed E-state index contributed by atoms with van der Waals surface area (Å²) in [6.07, 6.45) is 3.78. The molecule has 15 heavy (non-hydrogen) atoms. The first-order chi connectivity index (χ1) is 7.40. The van der Waals surface area contributed by atoms with Crippen molar-refractivity contribution in [3.05, 3.63) is 42.3 Å². The maximum Gasteiger partial charge on any atom is 0.186 e. The van der Waals surface area contributed by atoms with Gasteiger partial charge in [-0.15, -0.1) is 0 Å². The highest BCUT2D eigenvalue weighted by molar-refractivity contribution is 5.36. The maximum atomic E-state index is 5.59. The van der Waals surface area contributed by atoms with Crippen LogP contribution in [0.4, 0.5) is 0 Å². The van der Waals surface area contributed by atoms with Gasteiger partial charge in [0, 0.05) is 0 Å². The predicted octanol–water partition coefficient (Wildman–Crippen LogP) is 1.97. The van der Waals surface area contributed by atoms with E-state index in [4.69, 9.17) is 10.5 Å².